The quantitative estimate of drug-likeness (QED) is 0.790. The minimum absolute atomic E-state index is 0.0747. The highest BCUT2D eigenvalue weighted by molar-refractivity contribution is 5.42. The summed E-state index contributed by atoms with van der Waals surface area (Å²) in [5, 5.41) is 0. The number of rotatable bonds is 5. The van der Waals surface area contributed by atoms with Crippen LogP contribution in [-0.2, 0) is 10.2 Å². The van der Waals surface area contributed by atoms with Crippen molar-refractivity contribution >= 4 is 0 Å². The van der Waals surface area contributed by atoms with Crippen molar-refractivity contribution in [3.8, 4) is 5.75 Å². The number of hydrogen-bond acceptors (Lipinski definition) is 4. The second kappa shape index (κ2) is 7.38. The summed E-state index contributed by atoms with van der Waals surface area (Å²) in [5.41, 5.74) is 2.88. The molecule has 4 heteroatoms. The summed E-state index contributed by atoms with van der Waals surface area (Å²) < 4.78 is 12.3. The van der Waals surface area contributed by atoms with E-state index in [2.05, 4.69) is 55.9 Å². The van der Waals surface area contributed by atoms with E-state index >= 15 is 0 Å². The maximum absolute atomic E-state index is 6.66. The van der Waals surface area contributed by atoms with E-state index in [4.69, 9.17) is 9.47 Å². The van der Waals surface area contributed by atoms with Gasteiger partial charge in [0, 0.05) is 24.0 Å². The first-order valence-electron chi connectivity index (χ1n) is 10.6. The number of aryl methyl sites for hydroxylation is 1. The Labute approximate surface area is 164 Å². The molecule has 0 bridgehead atoms. The molecule has 1 aromatic carbocycles. The van der Waals surface area contributed by atoms with E-state index in [0.29, 0.717) is 12.1 Å². The fourth-order valence-corrected chi connectivity index (χ4v) is 5.44. The largest absolute Gasteiger partial charge is 0.497 e. The van der Waals surface area contributed by atoms with Crippen molar-refractivity contribution in [3.05, 3.63) is 29.3 Å². The highest BCUT2D eigenvalue weighted by Gasteiger charge is 2.53. The van der Waals surface area contributed by atoms with Gasteiger partial charge in [-0.05, 0) is 89.3 Å². The van der Waals surface area contributed by atoms with Crippen LogP contribution in [0.15, 0.2) is 18.2 Å². The van der Waals surface area contributed by atoms with Gasteiger partial charge in [0.05, 0.1) is 19.8 Å². The van der Waals surface area contributed by atoms with Gasteiger partial charge in [0.2, 0.25) is 0 Å². The molecule has 2 saturated heterocycles. The van der Waals surface area contributed by atoms with Crippen LogP contribution in [0.2, 0.25) is 0 Å². The molecule has 0 radical (unpaired) electrons. The Morgan fingerprint density at radius 3 is 2.74 bits per heavy atom. The second-order valence-corrected chi connectivity index (χ2v) is 9.34. The van der Waals surface area contributed by atoms with Gasteiger partial charge in [0.1, 0.15) is 5.75 Å². The minimum atomic E-state index is 0.0747. The van der Waals surface area contributed by atoms with Crippen LogP contribution < -0.4 is 4.74 Å². The Morgan fingerprint density at radius 1 is 1.30 bits per heavy atom. The molecule has 1 aliphatic carbocycles. The van der Waals surface area contributed by atoms with Crippen LogP contribution in [0.3, 0.4) is 0 Å². The molecule has 0 amide bonds. The highest BCUT2D eigenvalue weighted by atomic mass is 16.5. The molecule has 4 rings (SSSR count). The Morgan fingerprint density at radius 2 is 2.07 bits per heavy atom. The zero-order valence-electron chi connectivity index (χ0n) is 17.7. The van der Waals surface area contributed by atoms with Gasteiger partial charge in [-0.2, -0.15) is 0 Å². The molecule has 150 valence electrons. The molecular formula is C23H36N2O2. The summed E-state index contributed by atoms with van der Waals surface area (Å²) in [6.45, 7) is 7.91. The first kappa shape index (κ1) is 19.2. The van der Waals surface area contributed by atoms with Crippen molar-refractivity contribution in [1.82, 2.24) is 9.80 Å². The topological polar surface area (TPSA) is 24.9 Å². The lowest BCUT2D eigenvalue weighted by Gasteiger charge is -2.56. The third-order valence-electron chi connectivity index (χ3n) is 7.37. The van der Waals surface area contributed by atoms with Gasteiger partial charge < -0.3 is 14.4 Å². The van der Waals surface area contributed by atoms with E-state index in [0.717, 1.165) is 18.3 Å². The smallest absolute Gasteiger partial charge is 0.119 e. The van der Waals surface area contributed by atoms with Crippen LogP contribution in [0.4, 0.5) is 0 Å². The molecule has 0 aromatic heterocycles. The maximum atomic E-state index is 6.66. The molecule has 2 aliphatic heterocycles. The van der Waals surface area contributed by atoms with Crippen molar-refractivity contribution in [3.63, 3.8) is 0 Å². The molecule has 4 atom stereocenters. The lowest BCUT2D eigenvalue weighted by Crippen LogP contribution is -2.64. The van der Waals surface area contributed by atoms with Crippen molar-refractivity contribution < 1.29 is 9.47 Å². The van der Waals surface area contributed by atoms with Gasteiger partial charge in [-0.1, -0.05) is 6.07 Å². The Bertz CT molecular complexity index is 672. The summed E-state index contributed by atoms with van der Waals surface area (Å²) in [7, 11) is 6.14. The van der Waals surface area contributed by atoms with Crippen molar-refractivity contribution in [1.29, 1.82) is 0 Å². The molecule has 4 nitrogen and oxygen atoms in total. The van der Waals surface area contributed by atoms with Crippen LogP contribution in [0.25, 0.3) is 0 Å². The normalized spacial score (nSPS) is 34.5. The predicted molar refractivity (Wildman–Crippen MR) is 110 cm³/mol. The summed E-state index contributed by atoms with van der Waals surface area (Å²) in [5.74, 6) is 1.89. The van der Waals surface area contributed by atoms with Gasteiger partial charge in [-0.3, -0.25) is 4.90 Å². The van der Waals surface area contributed by atoms with E-state index in [9.17, 15) is 0 Å². The van der Waals surface area contributed by atoms with Gasteiger partial charge in [-0.15, -0.1) is 0 Å². The number of fused-ring (bicyclic) bond motifs is 1. The third-order valence-corrected chi connectivity index (χ3v) is 7.37. The average Bonchev–Trinajstić information content (AvgIpc) is 3.48. The van der Waals surface area contributed by atoms with Gasteiger partial charge in [0.25, 0.3) is 0 Å². The molecule has 27 heavy (non-hydrogen) atoms. The van der Waals surface area contributed by atoms with Crippen LogP contribution in [0.5, 0.6) is 5.75 Å². The maximum Gasteiger partial charge on any atom is 0.119 e. The SMILES string of the molecule is COc1ccc(C)c(C23CCN(CC4CC4)C(C)C2OCC(N(C)C)C3)c1. The van der Waals surface area contributed by atoms with Crippen LogP contribution in [0, 0.1) is 12.8 Å². The molecule has 3 aliphatic rings. The van der Waals surface area contributed by atoms with Gasteiger partial charge >= 0.3 is 0 Å². The number of likely N-dealkylation sites (N-methyl/N-ethyl adjacent to an activating group) is 1. The number of nitrogens with zero attached hydrogens (tertiary/aromatic N) is 2. The molecule has 3 fully saturated rings. The molecule has 0 spiro atoms. The number of benzene rings is 1. The molecule has 1 aromatic rings. The van der Waals surface area contributed by atoms with E-state index in [1.807, 2.05) is 0 Å². The minimum Gasteiger partial charge on any atom is -0.497 e. The first-order valence-corrected chi connectivity index (χ1v) is 10.6. The molecule has 1 saturated carbocycles. The zero-order valence-corrected chi connectivity index (χ0v) is 17.7. The Balaban J connectivity index is 1.72. The molecule has 0 N–H and O–H groups in total. The van der Waals surface area contributed by atoms with Gasteiger partial charge in [0.15, 0.2) is 0 Å². The summed E-state index contributed by atoms with van der Waals surface area (Å²) in [4.78, 5) is 5.04. The van der Waals surface area contributed by atoms with Crippen molar-refractivity contribution in [2.75, 3.05) is 40.9 Å². The Kier molecular flexibility index (Phi) is 5.26. The standard InChI is InChI=1S/C23H36N2O2/c1-16-6-9-20(26-5)12-21(16)23-10-11-25(14-18-7-8-18)17(2)22(23)27-15-19(13-23)24(3)4/h6,9,12,17-19,22H,7-8,10-11,13-15H2,1-5H3. The van der Waals surface area contributed by atoms with E-state index in [-0.39, 0.29) is 11.5 Å². The van der Waals surface area contributed by atoms with Crippen LogP contribution in [-0.4, -0.2) is 68.9 Å². The number of ether oxygens (including phenoxy) is 2. The fraction of sp³-hybridized carbons (Fsp3) is 0.739. The summed E-state index contributed by atoms with van der Waals surface area (Å²) in [6, 6.07) is 7.53. The molecular weight excluding hydrogens is 336 g/mol. The van der Waals surface area contributed by atoms with Crippen molar-refractivity contribution in [2.24, 2.45) is 5.92 Å². The third kappa shape index (κ3) is 3.52. The van der Waals surface area contributed by atoms with Crippen LogP contribution >= 0.6 is 0 Å². The fourth-order valence-electron chi connectivity index (χ4n) is 5.44. The second-order valence-electron chi connectivity index (χ2n) is 9.34. The number of hydrogen-bond donors (Lipinski definition) is 0. The zero-order chi connectivity index (χ0) is 19.2. The monoisotopic (exact) mass is 372 g/mol. The molecule has 2 heterocycles. The Hall–Kier alpha value is -1.10. The summed E-state index contributed by atoms with van der Waals surface area (Å²) >= 11 is 0. The number of likely N-dealkylation sites (tertiary alicyclic amines) is 1. The number of methoxy groups -OCH3 is 1. The van der Waals surface area contributed by atoms with E-state index in [1.54, 1.807) is 7.11 Å². The van der Waals surface area contributed by atoms with E-state index in [1.165, 1.54) is 49.9 Å². The van der Waals surface area contributed by atoms with Crippen LogP contribution in [0.1, 0.15) is 43.7 Å². The average molecular weight is 373 g/mol. The first-order chi connectivity index (χ1) is 12.9. The lowest BCUT2D eigenvalue weighted by atomic mass is 9.62. The molecule has 4 unspecified atom stereocenters. The number of piperidine rings is 1. The van der Waals surface area contributed by atoms with Gasteiger partial charge in [-0.25, -0.2) is 0 Å². The van der Waals surface area contributed by atoms with E-state index < -0.39 is 0 Å². The lowest BCUT2D eigenvalue weighted by molar-refractivity contribution is -0.138. The predicted octanol–water partition coefficient (Wildman–Crippen LogP) is 3.46. The van der Waals surface area contributed by atoms with Crippen molar-refractivity contribution in [2.45, 2.75) is 63.1 Å². The summed E-state index contributed by atoms with van der Waals surface area (Å²) in [6.07, 6.45) is 5.43. The highest BCUT2D eigenvalue weighted by Crippen LogP contribution is 2.49.